The summed E-state index contributed by atoms with van der Waals surface area (Å²) in [6, 6.07) is 5.35. The van der Waals surface area contributed by atoms with Crippen LogP contribution in [0.3, 0.4) is 0 Å². The first kappa shape index (κ1) is 21.9. The van der Waals surface area contributed by atoms with E-state index >= 15 is 0 Å². The molecular formula is C20H23N7O6. The number of H-pyrrole nitrogens is 1. The molecule has 1 fully saturated rings. The van der Waals surface area contributed by atoms with Crippen LogP contribution in [0.2, 0.25) is 0 Å². The molecule has 1 aromatic heterocycles. The molecule has 2 aliphatic heterocycles. The summed E-state index contributed by atoms with van der Waals surface area (Å²) < 4.78 is 0. The van der Waals surface area contributed by atoms with Crippen LogP contribution in [0.4, 0.5) is 23.1 Å². The summed E-state index contributed by atoms with van der Waals surface area (Å²) in [4.78, 5) is 57.5. The van der Waals surface area contributed by atoms with Crippen molar-refractivity contribution in [3.63, 3.8) is 0 Å². The van der Waals surface area contributed by atoms with Crippen LogP contribution < -0.4 is 31.7 Å². The third-order valence-electron chi connectivity index (χ3n) is 5.66. The average molecular weight is 457 g/mol. The van der Waals surface area contributed by atoms with Crippen molar-refractivity contribution in [2.75, 3.05) is 40.6 Å². The van der Waals surface area contributed by atoms with Crippen LogP contribution in [0.25, 0.3) is 0 Å². The zero-order valence-electron chi connectivity index (χ0n) is 17.4. The quantitative estimate of drug-likeness (QED) is 0.313. The van der Waals surface area contributed by atoms with Crippen molar-refractivity contribution < 1.29 is 24.6 Å². The lowest BCUT2D eigenvalue weighted by Crippen LogP contribution is -2.44. The molecule has 7 N–H and O–H groups in total. The number of aliphatic carboxylic acids is 2. The normalized spacial score (nSPS) is 17.5. The van der Waals surface area contributed by atoms with Gasteiger partial charge >= 0.3 is 11.9 Å². The molecule has 0 bridgehead atoms. The number of fused-ring (bicyclic) bond motifs is 3. The van der Waals surface area contributed by atoms with E-state index in [2.05, 4.69) is 20.6 Å². The topological polar surface area (TPSA) is 194 Å². The Bertz CT molecular complexity index is 1150. The summed E-state index contributed by atoms with van der Waals surface area (Å²) in [5.41, 5.74) is 6.72. The van der Waals surface area contributed by atoms with Crippen LogP contribution in [0.1, 0.15) is 23.2 Å². The van der Waals surface area contributed by atoms with E-state index in [0.29, 0.717) is 31.3 Å². The number of amides is 1. The minimum absolute atomic E-state index is 0.0394. The van der Waals surface area contributed by atoms with E-state index in [1.807, 2.05) is 9.80 Å². The Balaban J connectivity index is 1.45. The number of hydrogen-bond acceptors (Lipinski definition) is 9. The number of nitrogens with zero attached hydrogens (tertiary/aromatic N) is 3. The second-order valence-corrected chi connectivity index (χ2v) is 7.86. The Morgan fingerprint density at radius 1 is 1.24 bits per heavy atom. The molecule has 2 atom stereocenters. The van der Waals surface area contributed by atoms with E-state index in [0.717, 1.165) is 5.69 Å². The Hall–Kier alpha value is -4.29. The maximum absolute atomic E-state index is 12.4. The number of nitrogens with two attached hydrogens (primary N) is 1. The van der Waals surface area contributed by atoms with E-state index < -0.39 is 29.4 Å². The molecule has 3 heterocycles. The number of aromatic amines is 1. The third kappa shape index (κ3) is 4.51. The van der Waals surface area contributed by atoms with Crippen LogP contribution in [0.5, 0.6) is 0 Å². The van der Waals surface area contributed by atoms with E-state index in [1.54, 1.807) is 24.3 Å². The van der Waals surface area contributed by atoms with Crippen molar-refractivity contribution in [2.45, 2.75) is 24.9 Å². The maximum atomic E-state index is 12.4. The molecule has 174 valence electrons. The number of nitrogen functional groups attached to an aromatic ring is 1. The van der Waals surface area contributed by atoms with Gasteiger partial charge in [0.25, 0.3) is 11.5 Å². The van der Waals surface area contributed by atoms with Crippen LogP contribution >= 0.6 is 0 Å². The molecule has 4 rings (SSSR count). The van der Waals surface area contributed by atoms with Gasteiger partial charge in [-0.1, -0.05) is 0 Å². The van der Waals surface area contributed by atoms with Crippen molar-refractivity contribution in [1.29, 1.82) is 0 Å². The minimum Gasteiger partial charge on any atom is -0.481 e. The molecular weight excluding hydrogens is 434 g/mol. The lowest BCUT2D eigenvalue weighted by Gasteiger charge is -2.31. The molecule has 1 amide bonds. The zero-order valence-corrected chi connectivity index (χ0v) is 17.4. The lowest BCUT2D eigenvalue weighted by molar-refractivity contribution is -0.140. The van der Waals surface area contributed by atoms with Crippen LogP contribution in [-0.4, -0.2) is 69.9 Å². The summed E-state index contributed by atoms with van der Waals surface area (Å²) in [7, 11) is 0. The fourth-order valence-corrected chi connectivity index (χ4v) is 4.01. The number of rotatable bonds is 7. The van der Waals surface area contributed by atoms with Gasteiger partial charge in [0.1, 0.15) is 17.5 Å². The van der Waals surface area contributed by atoms with Crippen LogP contribution in [0, 0.1) is 0 Å². The number of nitrogens with one attached hydrogen (secondary N) is 3. The Labute approximate surface area is 187 Å². The number of aromatic nitrogens is 2. The summed E-state index contributed by atoms with van der Waals surface area (Å²) in [6.07, 6.45) is -0.583. The van der Waals surface area contributed by atoms with Crippen molar-refractivity contribution >= 4 is 41.0 Å². The minimum atomic E-state index is -1.30. The van der Waals surface area contributed by atoms with Crippen molar-refractivity contribution in [3.05, 3.63) is 40.2 Å². The Morgan fingerprint density at radius 3 is 2.64 bits per heavy atom. The van der Waals surface area contributed by atoms with E-state index in [1.165, 1.54) is 0 Å². The molecule has 0 aliphatic carbocycles. The van der Waals surface area contributed by atoms with E-state index in [9.17, 15) is 24.3 Å². The fourth-order valence-electron chi connectivity index (χ4n) is 4.01. The second kappa shape index (κ2) is 8.68. The molecule has 13 nitrogen and oxygen atoms in total. The highest BCUT2D eigenvalue weighted by Crippen LogP contribution is 2.32. The van der Waals surface area contributed by atoms with Gasteiger partial charge in [-0.25, -0.2) is 4.79 Å². The predicted molar refractivity (Wildman–Crippen MR) is 118 cm³/mol. The molecule has 33 heavy (non-hydrogen) atoms. The van der Waals surface area contributed by atoms with E-state index in [-0.39, 0.29) is 30.4 Å². The largest absolute Gasteiger partial charge is 0.481 e. The fraction of sp³-hybridized carbons (Fsp3) is 0.350. The van der Waals surface area contributed by atoms with Gasteiger partial charge in [-0.2, -0.15) is 4.98 Å². The Kier molecular flexibility index (Phi) is 5.77. The second-order valence-electron chi connectivity index (χ2n) is 7.86. The van der Waals surface area contributed by atoms with Gasteiger partial charge in [0.05, 0.1) is 12.7 Å². The molecule has 2 aliphatic rings. The highest BCUT2D eigenvalue weighted by atomic mass is 16.4. The standard InChI is InChI=1S/C20H23N7O6/c21-20-24-16-15(18(31)25-20)27-9-26(8-12(27)7-22-16)11-3-1-10(2-4-11)17(30)23-13(19(32)33)5-6-14(28)29/h1-4,12-13H,5-9H2,(H,23,30)(H,28,29)(H,32,33)(H4,21,22,24,25,31)/t12?,13-/m0/s1. The van der Waals surface area contributed by atoms with Gasteiger partial charge in [-0.05, 0) is 30.7 Å². The smallest absolute Gasteiger partial charge is 0.326 e. The van der Waals surface area contributed by atoms with Gasteiger partial charge in [-0.3, -0.25) is 14.4 Å². The number of hydrogen-bond donors (Lipinski definition) is 6. The molecule has 1 aromatic carbocycles. The molecule has 2 aromatic rings. The number of carbonyl (C=O) groups is 3. The monoisotopic (exact) mass is 457 g/mol. The number of benzene rings is 1. The number of carboxylic acids is 2. The predicted octanol–water partition coefficient (Wildman–Crippen LogP) is -0.522. The first-order valence-corrected chi connectivity index (χ1v) is 10.2. The molecule has 1 saturated heterocycles. The summed E-state index contributed by atoms with van der Waals surface area (Å²) in [6.45, 7) is 1.68. The van der Waals surface area contributed by atoms with Gasteiger partial charge in [0.15, 0.2) is 0 Å². The first-order valence-electron chi connectivity index (χ1n) is 10.2. The van der Waals surface area contributed by atoms with Crippen molar-refractivity contribution in [1.82, 2.24) is 15.3 Å². The zero-order chi connectivity index (χ0) is 23.7. The van der Waals surface area contributed by atoms with E-state index in [4.69, 9.17) is 10.8 Å². The third-order valence-corrected chi connectivity index (χ3v) is 5.66. The molecule has 13 heteroatoms. The number of anilines is 4. The Morgan fingerprint density at radius 2 is 1.97 bits per heavy atom. The van der Waals surface area contributed by atoms with Crippen LogP contribution in [-0.2, 0) is 9.59 Å². The van der Waals surface area contributed by atoms with Crippen molar-refractivity contribution in [2.24, 2.45) is 0 Å². The van der Waals surface area contributed by atoms with Gasteiger partial charge < -0.3 is 41.4 Å². The van der Waals surface area contributed by atoms with Gasteiger partial charge in [-0.15, -0.1) is 0 Å². The average Bonchev–Trinajstić information content (AvgIpc) is 3.20. The van der Waals surface area contributed by atoms with Crippen molar-refractivity contribution in [3.8, 4) is 0 Å². The summed E-state index contributed by atoms with van der Waals surface area (Å²) >= 11 is 0. The number of carbonyl (C=O) groups excluding carboxylic acids is 1. The number of carboxylic acid groups (broad SMARTS) is 2. The first-order chi connectivity index (χ1) is 15.7. The van der Waals surface area contributed by atoms with Gasteiger partial charge in [0.2, 0.25) is 5.95 Å². The summed E-state index contributed by atoms with van der Waals surface area (Å²) in [5.74, 6) is -2.46. The SMILES string of the molecule is Nc1nc(=O)c2c([nH]1)NCC1CN(c3ccc(C(=O)N[C@@H](CCC(=O)O)C(=O)O)cc3)CN21. The lowest BCUT2D eigenvalue weighted by atomic mass is 10.1. The molecule has 0 saturated carbocycles. The highest BCUT2D eigenvalue weighted by molar-refractivity contribution is 5.97. The van der Waals surface area contributed by atoms with Crippen LogP contribution in [0.15, 0.2) is 29.1 Å². The molecule has 1 unspecified atom stereocenters. The highest BCUT2D eigenvalue weighted by Gasteiger charge is 2.37. The van der Waals surface area contributed by atoms with Gasteiger partial charge in [0, 0.05) is 30.8 Å². The molecule has 0 radical (unpaired) electrons. The molecule has 0 spiro atoms. The summed E-state index contributed by atoms with van der Waals surface area (Å²) in [5, 5.41) is 23.5. The maximum Gasteiger partial charge on any atom is 0.326 e.